The Hall–Kier alpha value is -6.84. The average Bonchev–Trinajstić information content (AvgIpc) is 4.06. The second kappa shape index (κ2) is 28.1. The molecule has 26 heteroatoms. The topological polar surface area (TPSA) is 436 Å². The minimum absolute atomic E-state index is 0.0445. The van der Waals surface area contributed by atoms with E-state index >= 15 is 0 Å². The van der Waals surface area contributed by atoms with E-state index in [1.807, 2.05) is 0 Å². The van der Waals surface area contributed by atoms with Gasteiger partial charge in [0.1, 0.15) is 24.2 Å². The lowest BCUT2D eigenvalue weighted by Gasteiger charge is -2.33. The van der Waals surface area contributed by atoms with Gasteiger partial charge in [-0.2, -0.15) is 0 Å². The molecule has 0 saturated carbocycles. The summed E-state index contributed by atoms with van der Waals surface area (Å²) in [6.07, 6.45) is 5.62. The largest absolute Gasteiger partial charge is 0.394 e. The highest BCUT2D eigenvalue weighted by atomic mass is 16.3. The van der Waals surface area contributed by atoms with Crippen molar-refractivity contribution in [2.75, 3.05) is 39.3 Å². The predicted molar refractivity (Wildman–Crippen MR) is 256 cm³/mol. The quantitative estimate of drug-likeness (QED) is 0.0397. The Kier molecular flexibility index (Phi) is 22.5. The molecule has 71 heavy (non-hydrogen) atoms. The van der Waals surface area contributed by atoms with Crippen molar-refractivity contribution in [1.29, 1.82) is 0 Å². The van der Waals surface area contributed by atoms with Gasteiger partial charge in [0.2, 0.25) is 47.3 Å². The van der Waals surface area contributed by atoms with Crippen molar-refractivity contribution < 1.29 is 48.6 Å². The molecule has 1 aliphatic rings. The zero-order valence-electron chi connectivity index (χ0n) is 40.0. The van der Waals surface area contributed by atoms with E-state index in [-0.39, 0.29) is 89.8 Å². The molecule has 3 heterocycles. The highest BCUT2D eigenvalue weighted by molar-refractivity contribution is 5.94. The number of aliphatic hydroxyl groups is 2. The number of imidazole rings is 2. The van der Waals surface area contributed by atoms with Crippen molar-refractivity contribution in [2.24, 2.45) is 34.4 Å². The number of aliphatic hydroxyl groups excluding tert-OH is 2. The third-order valence-electron chi connectivity index (χ3n) is 11.9. The van der Waals surface area contributed by atoms with Crippen LogP contribution in [0.25, 0.3) is 0 Å². The normalized spacial score (nSPS) is 16.5. The molecule has 19 N–H and O–H groups in total. The summed E-state index contributed by atoms with van der Waals surface area (Å²) >= 11 is 0. The number of H-pyrrole nitrogens is 2. The van der Waals surface area contributed by atoms with E-state index in [1.165, 1.54) is 58.8 Å². The summed E-state index contributed by atoms with van der Waals surface area (Å²) in [4.78, 5) is 127. The fourth-order valence-corrected chi connectivity index (χ4v) is 7.92. The summed E-state index contributed by atoms with van der Waals surface area (Å²) in [5.41, 5.74) is 37.1. The smallest absolute Gasteiger partial charge is 0.248 e. The van der Waals surface area contributed by atoms with Crippen LogP contribution in [0, 0.1) is 0 Å². The first-order valence-electron chi connectivity index (χ1n) is 23.5. The van der Waals surface area contributed by atoms with Crippen LogP contribution in [0.5, 0.6) is 0 Å². The Morgan fingerprint density at radius 3 is 1.69 bits per heavy atom. The van der Waals surface area contributed by atoms with E-state index in [0.29, 0.717) is 41.9 Å². The van der Waals surface area contributed by atoms with Gasteiger partial charge in [-0.15, -0.1) is 0 Å². The summed E-state index contributed by atoms with van der Waals surface area (Å²) < 4.78 is 0. The van der Waals surface area contributed by atoms with Crippen LogP contribution in [0.4, 0.5) is 0 Å². The minimum Gasteiger partial charge on any atom is -0.394 e. The van der Waals surface area contributed by atoms with Gasteiger partial charge in [-0.25, -0.2) is 9.97 Å². The fraction of sp³-hybridized carbons (Fsp3) is 0.556. The lowest BCUT2D eigenvalue weighted by atomic mass is 10.0. The van der Waals surface area contributed by atoms with Gasteiger partial charge in [-0.3, -0.25) is 38.4 Å². The molecule has 0 aliphatic carbocycles. The summed E-state index contributed by atoms with van der Waals surface area (Å²) in [6.45, 7) is 0.192. The number of fused-ring (bicyclic) bond motifs is 2. The van der Waals surface area contributed by atoms with Gasteiger partial charge in [-0.05, 0) is 68.8 Å². The number of benzene rings is 1. The summed E-state index contributed by atoms with van der Waals surface area (Å²) in [5, 5.41) is 28.3. The molecule has 0 radical (unpaired) electrons. The molecule has 2 aromatic heterocycles. The number of nitrogens with zero attached hydrogens (tertiary/aromatic N) is 5. The average molecular weight is 995 g/mol. The van der Waals surface area contributed by atoms with E-state index in [1.54, 1.807) is 6.07 Å². The number of aromatic amines is 2. The molecule has 0 fully saturated rings. The van der Waals surface area contributed by atoms with Gasteiger partial charge in [-0.1, -0.05) is 12.5 Å². The van der Waals surface area contributed by atoms with Crippen LogP contribution in [0.3, 0.4) is 0 Å². The monoisotopic (exact) mass is 995 g/mol. The molecule has 0 spiro atoms. The number of unbranched alkanes of at least 4 members (excludes halogenated alkanes) is 1. The Morgan fingerprint density at radius 1 is 0.676 bits per heavy atom. The molecular weight excluding hydrogens is 925 g/mol. The lowest BCUT2D eigenvalue weighted by Crippen LogP contribution is -2.56. The molecular formula is C45H70N16O10. The number of carbonyl (C=O) groups excluding carboxylic acids is 8. The SMILES string of the molecule is C[C@@H](O)[C@H](N)C(=O)N[C@@H](CCC(N)=O)C(=O)N1CCCN(C(=O)[C@H](CO)NC(=O)[C@@H](N)CCCCN)Cc2cc(cc(C(N)=O)c2)CN(C(=O)[C@H](Cc2cnc[nH]2)NC(=O)[C@@H](N)Cc2cnc[nH]2)CCC1. The van der Waals surface area contributed by atoms with Gasteiger partial charge >= 0.3 is 0 Å². The van der Waals surface area contributed by atoms with E-state index in [9.17, 15) is 48.6 Å². The van der Waals surface area contributed by atoms with Crippen LogP contribution in [-0.2, 0) is 59.5 Å². The van der Waals surface area contributed by atoms with Crippen LogP contribution in [-0.4, -0.2) is 174 Å². The van der Waals surface area contributed by atoms with Crippen LogP contribution in [0.2, 0.25) is 0 Å². The highest BCUT2D eigenvalue weighted by Crippen LogP contribution is 2.19. The summed E-state index contributed by atoms with van der Waals surface area (Å²) in [5.74, 6) is -5.77. The Balaban J connectivity index is 1.78. The Bertz CT molecular complexity index is 2240. The number of hydrogen-bond acceptors (Lipinski definition) is 16. The van der Waals surface area contributed by atoms with Gasteiger partial charge in [0.05, 0.1) is 37.4 Å². The van der Waals surface area contributed by atoms with Crippen LogP contribution >= 0.6 is 0 Å². The third kappa shape index (κ3) is 17.8. The van der Waals surface area contributed by atoms with Crippen LogP contribution in [0.1, 0.15) is 84.7 Å². The molecule has 0 unspecified atom stereocenters. The first-order valence-corrected chi connectivity index (χ1v) is 23.5. The summed E-state index contributed by atoms with van der Waals surface area (Å²) in [6, 6.07) is -2.97. The van der Waals surface area contributed by atoms with Gasteiger partial charge in [0.15, 0.2) is 0 Å². The third-order valence-corrected chi connectivity index (χ3v) is 11.9. The first-order chi connectivity index (χ1) is 33.8. The molecule has 8 amide bonds. The van der Waals surface area contributed by atoms with Crippen molar-refractivity contribution in [3.8, 4) is 0 Å². The molecule has 4 rings (SSSR count). The first kappa shape index (κ1) is 56.7. The molecule has 3 aromatic rings. The molecule has 390 valence electrons. The number of rotatable bonds is 23. The lowest BCUT2D eigenvalue weighted by molar-refractivity contribution is -0.139. The highest BCUT2D eigenvalue weighted by Gasteiger charge is 2.33. The number of aromatic nitrogens is 4. The Morgan fingerprint density at radius 2 is 1.18 bits per heavy atom. The number of amides is 8. The second-order valence-corrected chi connectivity index (χ2v) is 17.7. The van der Waals surface area contributed by atoms with E-state index in [0.717, 1.165) is 0 Å². The number of nitrogens with two attached hydrogens (primary N) is 6. The molecule has 1 aromatic carbocycles. The zero-order chi connectivity index (χ0) is 52.2. The van der Waals surface area contributed by atoms with Crippen molar-refractivity contribution >= 4 is 47.3 Å². The molecule has 7 atom stereocenters. The van der Waals surface area contributed by atoms with Crippen molar-refractivity contribution in [1.82, 2.24) is 50.6 Å². The van der Waals surface area contributed by atoms with Crippen LogP contribution < -0.4 is 50.4 Å². The maximum atomic E-state index is 14.9. The maximum Gasteiger partial charge on any atom is 0.248 e. The Labute approximate surface area is 410 Å². The number of carbonyl (C=O) groups is 8. The van der Waals surface area contributed by atoms with E-state index < -0.39 is 96.2 Å². The van der Waals surface area contributed by atoms with E-state index in [2.05, 4.69) is 35.9 Å². The van der Waals surface area contributed by atoms with E-state index in [4.69, 9.17) is 34.4 Å². The molecule has 1 aliphatic heterocycles. The fourth-order valence-electron chi connectivity index (χ4n) is 7.92. The molecule has 26 nitrogen and oxygen atoms in total. The number of nitrogens with one attached hydrogen (secondary N) is 5. The van der Waals surface area contributed by atoms with Crippen LogP contribution in [0.15, 0.2) is 43.2 Å². The standard InChI is InChI=1S/C45H70N16O10/c1-26(63)38(50)42(68)56-34(7-8-37(49)64)43(69)59-10-4-12-60(44(70)35(18-31-20-53-25-55-31)57-41(67)33(48)17-30-19-52-24-54-30)21-27-14-28(16-29(15-27)39(51)65)22-61(13-5-11-59)45(71)36(23-62)58-40(66)32(47)6-2-3-9-46/h14-16,19-20,24-26,32-36,38,62-63H,2-13,17-18,21-23,46-48,50H2,1H3,(H2,49,64)(H2,51,65)(H,52,54)(H,53,55)(H,56,68)(H,57,67)(H,58,66)/t26-,32+,33+,34+,35+,36+,38+/m1/s1. The maximum absolute atomic E-state index is 14.9. The number of hydrogen-bond donors (Lipinski definition) is 13. The van der Waals surface area contributed by atoms with Crippen molar-refractivity contribution in [3.05, 3.63) is 71.3 Å². The van der Waals surface area contributed by atoms with Gasteiger partial charge in [0, 0.05) is 87.9 Å². The minimum atomic E-state index is -1.47. The van der Waals surface area contributed by atoms with Gasteiger partial charge in [0.25, 0.3) is 0 Å². The van der Waals surface area contributed by atoms with Crippen molar-refractivity contribution in [2.45, 2.75) is 120 Å². The predicted octanol–water partition coefficient (Wildman–Crippen LogP) is -4.80. The second-order valence-electron chi connectivity index (χ2n) is 17.7. The molecule has 0 saturated heterocycles. The van der Waals surface area contributed by atoms with Gasteiger partial charge < -0.3 is 85.2 Å². The van der Waals surface area contributed by atoms with Crippen molar-refractivity contribution in [3.63, 3.8) is 0 Å². The number of primary amides is 2. The summed E-state index contributed by atoms with van der Waals surface area (Å²) in [7, 11) is 0. The molecule has 2 bridgehead atoms. The zero-order valence-corrected chi connectivity index (χ0v) is 40.0.